The molecule has 0 amide bonds. The van der Waals surface area contributed by atoms with Crippen molar-refractivity contribution in [2.24, 2.45) is 0 Å². The SMILES string of the molecule is S=C(NCCc1ccccn1)Nc1nccs1. The quantitative estimate of drug-likeness (QED) is 0.828. The number of anilines is 1. The van der Waals surface area contributed by atoms with Crippen molar-refractivity contribution in [2.75, 3.05) is 11.9 Å². The summed E-state index contributed by atoms with van der Waals surface area (Å²) in [5.74, 6) is 0. The van der Waals surface area contributed by atoms with Gasteiger partial charge in [-0.25, -0.2) is 4.98 Å². The topological polar surface area (TPSA) is 49.8 Å². The van der Waals surface area contributed by atoms with Gasteiger partial charge in [0.05, 0.1) is 0 Å². The zero-order chi connectivity index (χ0) is 11.9. The molecule has 6 heteroatoms. The molecule has 0 aromatic carbocycles. The molecule has 0 saturated carbocycles. The van der Waals surface area contributed by atoms with Crippen LogP contribution in [0, 0.1) is 0 Å². The minimum Gasteiger partial charge on any atom is -0.362 e. The van der Waals surface area contributed by atoms with E-state index >= 15 is 0 Å². The van der Waals surface area contributed by atoms with E-state index in [4.69, 9.17) is 12.2 Å². The second-order valence-electron chi connectivity index (χ2n) is 3.29. The Kier molecular flexibility index (Phi) is 4.40. The molecule has 0 aliphatic rings. The van der Waals surface area contributed by atoms with Crippen LogP contribution in [0.25, 0.3) is 0 Å². The molecule has 0 bridgehead atoms. The Labute approximate surface area is 109 Å². The molecule has 0 spiro atoms. The molecule has 2 aromatic rings. The van der Waals surface area contributed by atoms with Crippen molar-refractivity contribution in [1.29, 1.82) is 0 Å². The summed E-state index contributed by atoms with van der Waals surface area (Å²) in [6, 6.07) is 5.89. The van der Waals surface area contributed by atoms with Gasteiger partial charge in [0.25, 0.3) is 0 Å². The molecule has 0 aliphatic heterocycles. The van der Waals surface area contributed by atoms with Crippen LogP contribution in [-0.4, -0.2) is 21.6 Å². The fourth-order valence-electron chi connectivity index (χ4n) is 1.28. The highest BCUT2D eigenvalue weighted by atomic mass is 32.1. The van der Waals surface area contributed by atoms with Gasteiger partial charge in [0, 0.05) is 36.4 Å². The molecule has 2 aromatic heterocycles. The number of aromatic nitrogens is 2. The Morgan fingerprint density at radius 2 is 2.24 bits per heavy atom. The summed E-state index contributed by atoms with van der Waals surface area (Å²) >= 11 is 6.66. The van der Waals surface area contributed by atoms with Crippen molar-refractivity contribution in [1.82, 2.24) is 15.3 Å². The molecule has 4 nitrogen and oxygen atoms in total. The molecular formula is C11H12N4S2. The summed E-state index contributed by atoms with van der Waals surface area (Å²) in [7, 11) is 0. The first-order chi connectivity index (χ1) is 8.34. The predicted octanol–water partition coefficient (Wildman–Crippen LogP) is 2.07. The molecule has 2 rings (SSSR count). The van der Waals surface area contributed by atoms with Gasteiger partial charge in [0.2, 0.25) is 0 Å². The first kappa shape index (κ1) is 11.9. The van der Waals surface area contributed by atoms with Crippen molar-refractivity contribution in [2.45, 2.75) is 6.42 Å². The average Bonchev–Trinajstić information content (AvgIpc) is 2.83. The van der Waals surface area contributed by atoms with Gasteiger partial charge in [-0.1, -0.05) is 6.07 Å². The number of hydrogen-bond donors (Lipinski definition) is 2. The minimum atomic E-state index is 0.593. The number of nitrogens with one attached hydrogen (secondary N) is 2. The molecule has 0 aliphatic carbocycles. The van der Waals surface area contributed by atoms with Gasteiger partial charge in [0.15, 0.2) is 10.2 Å². The fraction of sp³-hybridized carbons (Fsp3) is 0.182. The zero-order valence-corrected chi connectivity index (χ0v) is 10.7. The Hall–Kier alpha value is -1.53. The molecular weight excluding hydrogens is 252 g/mol. The van der Waals surface area contributed by atoms with Crippen LogP contribution >= 0.6 is 23.6 Å². The highest BCUT2D eigenvalue weighted by Crippen LogP contribution is 2.09. The highest BCUT2D eigenvalue weighted by Gasteiger charge is 1.99. The highest BCUT2D eigenvalue weighted by molar-refractivity contribution is 7.80. The van der Waals surface area contributed by atoms with Gasteiger partial charge in [-0.3, -0.25) is 4.98 Å². The first-order valence-corrected chi connectivity index (χ1v) is 6.47. The fourth-order valence-corrected chi connectivity index (χ4v) is 2.07. The summed E-state index contributed by atoms with van der Waals surface area (Å²) in [5.41, 5.74) is 1.05. The summed E-state index contributed by atoms with van der Waals surface area (Å²) in [4.78, 5) is 8.33. The molecule has 0 radical (unpaired) electrons. The van der Waals surface area contributed by atoms with Gasteiger partial charge in [0.1, 0.15) is 0 Å². The standard InChI is InChI=1S/C11H12N4S2/c16-10(15-11-14-7-8-17-11)13-6-4-9-3-1-2-5-12-9/h1-3,5,7-8H,4,6H2,(H2,13,14,15,16). The maximum Gasteiger partial charge on any atom is 0.188 e. The predicted molar refractivity (Wildman–Crippen MR) is 74.3 cm³/mol. The van der Waals surface area contributed by atoms with E-state index in [1.54, 1.807) is 12.4 Å². The lowest BCUT2D eigenvalue weighted by Crippen LogP contribution is -2.30. The second kappa shape index (κ2) is 6.27. The molecule has 0 saturated heterocycles. The van der Waals surface area contributed by atoms with E-state index in [0.717, 1.165) is 23.8 Å². The molecule has 0 atom stereocenters. The zero-order valence-electron chi connectivity index (χ0n) is 9.09. The third kappa shape index (κ3) is 4.08. The Morgan fingerprint density at radius 1 is 1.29 bits per heavy atom. The van der Waals surface area contributed by atoms with Crippen molar-refractivity contribution < 1.29 is 0 Å². The maximum atomic E-state index is 5.14. The van der Waals surface area contributed by atoms with E-state index in [9.17, 15) is 0 Å². The molecule has 2 N–H and O–H groups in total. The Morgan fingerprint density at radius 3 is 2.94 bits per heavy atom. The van der Waals surface area contributed by atoms with Crippen molar-refractivity contribution in [3.05, 3.63) is 41.7 Å². The lowest BCUT2D eigenvalue weighted by Gasteiger charge is -2.07. The van der Waals surface area contributed by atoms with Crippen LogP contribution in [0.1, 0.15) is 5.69 Å². The van der Waals surface area contributed by atoms with Gasteiger partial charge in [-0.2, -0.15) is 0 Å². The van der Waals surface area contributed by atoms with E-state index in [1.165, 1.54) is 11.3 Å². The first-order valence-electron chi connectivity index (χ1n) is 5.19. The van der Waals surface area contributed by atoms with Crippen molar-refractivity contribution >= 4 is 33.8 Å². The third-order valence-corrected chi connectivity index (χ3v) is 2.98. The number of nitrogens with zero attached hydrogens (tertiary/aromatic N) is 2. The number of pyridine rings is 1. The summed E-state index contributed by atoms with van der Waals surface area (Å²) in [6.07, 6.45) is 4.38. The largest absolute Gasteiger partial charge is 0.362 e. The van der Waals surface area contributed by atoms with Gasteiger partial charge >= 0.3 is 0 Å². The smallest absolute Gasteiger partial charge is 0.188 e. The van der Waals surface area contributed by atoms with Gasteiger partial charge in [-0.05, 0) is 24.4 Å². The van der Waals surface area contributed by atoms with Crippen LogP contribution in [0.2, 0.25) is 0 Å². The Bertz CT molecular complexity index is 456. The van der Waals surface area contributed by atoms with Crippen LogP contribution in [-0.2, 0) is 6.42 Å². The van der Waals surface area contributed by atoms with Crippen molar-refractivity contribution in [3.63, 3.8) is 0 Å². The minimum absolute atomic E-state index is 0.593. The Balaban J connectivity index is 1.70. The van der Waals surface area contributed by atoms with E-state index in [1.807, 2.05) is 23.6 Å². The lowest BCUT2D eigenvalue weighted by atomic mass is 10.3. The lowest BCUT2D eigenvalue weighted by molar-refractivity contribution is 0.847. The second-order valence-corrected chi connectivity index (χ2v) is 4.59. The number of thiocarbonyl (C=S) groups is 1. The van der Waals surface area contributed by atoms with Crippen LogP contribution < -0.4 is 10.6 Å². The molecule has 2 heterocycles. The van der Waals surface area contributed by atoms with Gasteiger partial charge < -0.3 is 10.6 Å². The normalized spacial score (nSPS) is 9.88. The molecule has 0 unspecified atom stereocenters. The number of hydrogen-bond acceptors (Lipinski definition) is 4. The average molecular weight is 264 g/mol. The van der Waals surface area contributed by atoms with E-state index < -0.39 is 0 Å². The summed E-state index contributed by atoms with van der Waals surface area (Å²) in [6.45, 7) is 0.758. The van der Waals surface area contributed by atoms with Gasteiger partial charge in [-0.15, -0.1) is 11.3 Å². The van der Waals surface area contributed by atoms with E-state index in [-0.39, 0.29) is 0 Å². The number of rotatable bonds is 4. The van der Waals surface area contributed by atoms with E-state index in [0.29, 0.717) is 5.11 Å². The summed E-state index contributed by atoms with van der Waals surface area (Å²) < 4.78 is 0. The number of thiazole rings is 1. The third-order valence-electron chi connectivity index (χ3n) is 2.05. The molecule has 88 valence electrons. The van der Waals surface area contributed by atoms with Crippen LogP contribution in [0.3, 0.4) is 0 Å². The van der Waals surface area contributed by atoms with E-state index in [2.05, 4.69) is 20.6 Å². The molecule has 17 heavy (non-hydrogen) atoms. The maximum absolute atomic E-state index is 5.14. The van der Waals surface area contributed by atoms with Crippen LogP contribution in [0.5, 0.6) is 0 Å². The van der Waals surface area contributed by atoms with Crippen LogP contribution in [0.4, 0.5) is 5.13 Å². The summed E-state index contributed by atoms with van der Waals surface area (Å²) in [5, 5.41) is 9.43. The van der Waals surface area contributed by atoms with Crippen molar-refractivity contribution in [3.8, 4) is 0 Å². The molecule has 0 fully saturated rings. The van der Waals surface area contributed by atoms with Crippen LogP contribution in [0.15, 0.2) is 36.0 Å². The monoisotopic (exact) mass is 264 g/mol.